The second-order valence-electron chi connectivity index (χ2n) is 8.21. The van der Waals surface area contributed by atoms with Gasteiger partial charge >= 0.3 is 0 Å². The summed E-state index contributed by atoms with van der Waals surface area (Å²) in [6.45, 7) is 4.55. The van der Waals surface area contributed by atoms with E-state index in [-0.39, 0.29) is 9.92 Å². The smallest absolute Gasteiger partial charge is 0.225 e. The molecule has 2 aromatic rings. The number of ether oxygens (including phenoxy) is 1. The second-order valence-corrected chi connectivity index (χ2v) is 10.1. The Morgan fingerprint density at radius 3 is 2.30 bits per heavy atom. The van der Waals surface area contributed by atoms with Gasteiger partial charge < -0.3 is 15.0 Å². The minimum atomic E-state index is -3.67. The third-order valence-electron chi connectivity index (χ3n) is 6.31. The van der Waals surface area contributed by atoms with Gasteiger partial charge in [0, 0.05) is 6.04 Å². The number of benzene rings is 1. The molecule has 0 aliphatic carbocycles. The standard InChI is InChI=1S/C22H30N4O3S/c1-29-20-3-5-21(6-4-20)30(27,28)22-7-2-18(24-25-22)16-17-10-14-26(15-11-17)19-8-12-23-13-9-19/h2-7,17,19,23H,8-16H2,1H3. The van der Waals surface area contributed by atoms with Crippen LogP contribution in [0.15, 0.2) is 46.3 Å². The molecular formula is C22H30N4O3S. The molecule has 1 aromatic heterocycles. The summed E-state index contributed by atoms with van der Waals surface area (Å²) in [6.07, 6.45) is 5.69. The minimum absolute atomic E-state index is 0.0165. The molecule has 1 N–H and O–H groups in total. The van der Waals surface area contributed by atoms with E-state index in [1.54, 1.807) is 25.3 Å². The van der Waals surface area contributed by atoms with Crippen LogP contribution >= 0.6 is 0 Å². The van der Waals surface area contributed by atoms with Gasteiger partial charge in [-0.1, -0.05) is 0 Å². The fourth-order valence-electron chi connectivity index (χ4n) is 4.47. The molecule has 0 amide bonds. The lowest BCUT2D eigenvalue weighted by Crippen LogP contribution is -2.46. The maximum atomic E-state index is 12.8. The van der Waals surface area contributed by atoms with Crippen molar-refractivity contribution < 1.29 is 13.2 Å². The van der Waals surface area contributed by atoms with E-state index < -0.39 is 9.84 Å². The molecule has 0 saturated carbocycles. The number of rotatable bonds is 6. The van der Waals surface area contributed by atoms with Crippen molar-refractivity contribution in [2.24, 2.45) is 5.92 Å². The summed E-state index contributed by atoms with van der Waals surface area (Å²) in [7, 11) is -2.13. The molecule has 0 radical (unpaired) electrons. The third-order valence-corrected chi connectivity index (χ3v) is 7.97. The lowest BCUT2D eigenvalue weighted by Gasteiger charge is -2.39. The number of sulfone groups is 1. The van der Waals surface area contributed by atoms with E-state index in [4.69, 9.17) is 4.74 Å². The van der Waals surface area contributed by atoms with Crippen LogP contribution in [0.3, 0.4) is 0 Å². The van der Waals surface area contributed by atoms with Gasteiger partial charge in [-0.3, -0.25) is 0 Å². The number of hydrogen-bond acceptors (Lipinski definition) is 7. The summed E-state index contributed by atoms with van der Waals surface area (Å²) in [5.74, 6) is 1.20. The van der Waals surface area contributed by atoms with Crippen LogP contribution in [0.2, 0.25) is 0 Å². The van der Waals surface area contributed by atoms with Gasteiger partial charge in [-0.05, 0) is 101 Å². The summed E-state index contributed by atoms with van der Waals surface area (Å²) in [4.78, 5) is 2.84. The predicted octanol–water partition coefficient (Wildman–Crippen LogP) is 2.32. The van der Waals surface area contributed by atoms with Gasteiger partial charge in [-0.2, -0.15) is 5.10 Å². The van der Waals surface area contributed by atoms with Gasteiger partial charge in [0.15, 0.2) is 5.03 Å². The van der Waals surface area contributed by atoms with Crippen molar-refractivity contribution >= 4 is 9.84 Å². The maximum Gasteiger partial charge on any atom is 0.225 e. The number of nitrogens with one attached hydrogen (secondary N) is 1. The predicted molar refractivity (Wildman–Crippen MR) is 114 cm³/mol. The van der Waals surface area contributed by atoms with Gasteiger partial charge in [0.05, 0.1) is 17.7 Å². The lowest BCUT2D eigenvalue weighted by atomic mass is 9.90. The zero-order chi connectivity index (χ0) is 21.0. The normalized spacial score (nSPS) is 19.6. The maximum absolute atomic E-state index is 12.8. The Labute approximate surface area is 178 Å². The molecule has 2 aliphatic heterocycles. The molecule has 7 nitrogen and oxygen atoms in total. The SMILES string of the molecule is COc1ccc(S(=O)(=O)c2ccc(CC3CCN(C4CCNCC4)CC3)nn2)cc1. The Balaban J connectivity index is 1.34. The molecule has 0 spiro atoms. The number of methoxy groups -OCH3 is 1. The summed E-state index contributed by atoms with van der Waals surface area (Å²) in [5, 5.41) is 11.7. The highest BCUT2D eigenvalue weighted by Gasteiger charge is 2.27. The molecule has 8 heteroatoms. The highest BCUT2D eigenvalue weighted by atomic mass is 32.2. The van der Waals surface area contributed by atoms with Crippen LogP contribution < -0.4 is 10.1 Å². The van der Waals surface area contributed by atoms with Gasteiger partial charge in [0.2, 0.25) is 9.84 Å². The monoisotopic (exact) mass is 430 g/mol. The molecule has 1 aromatic carbocycles. The highest BCUT2D eigenvalue weighted by Crippen LogP contribution is 2.25. The van der Waals surface area contributed by atoms with E-state index in [1.165, 1.54) is 25.0 Å². The Morgan fingerprint density at radius 1 is 1.00 bits per heavy atom. The molecule has 3 heterocycles. The van der Waals surface area contributed by atoms with E-state index >= 15 is 0 Å². The van der Waals surface area contributed by atoms with Crippen molar-refractivity contribution in [3.8, 4) is 5.75 Å². The van der Waals surface area contributed by atoms with Crippen LogP contribution in [0.5, 0.6) is 5.75 Å². The van der Waals surface area contributed by atoms with Crippen LogP contribution in [0.1, 0.15) is 31.4 Å². The first-order chi connectivity index (χ1) is 14.6. The lowest BCUT2D eigenvalue weighted by molar-refractivity contribution is 0.111. The van der Waals surface area contributed by atoms with E-state index in [0.29, 0.717) is 11.7 Å². The van der Waals surface area contributed by atoms with Crippen LogP contribution in [0.25, 0.3) is 0 Å². The van der Waals surface area contributed by atoms with Crippen molar-refractivity contribution in [2.45, 2.75) is 48.1 Å². The fourth-order valence-corrected chi connectivity index (χ4v) is 5.60. The Bertz CT molecular complexity index is 918. The van der Waals surface area contributed by atoms with Crippen molar-refractivity contribution in [2.75, 3.05) is 33.3 Å². The van der Waals surface area contributed by atoms with E-state index in [0.717, 1.165) is 57.2 Å². The van der Waals surface area contributed by atoms with Crippen molar-refractivity contribution in [1.82, 2.24) is 20.4 Å². The van der Waals surface area contributed by atoms with Gasteiger partial charge in [-0.15, -0.1) is 5.10 Å². The molecule has 4 rings (SSSR count). The molecule has 0 unspecified atom stereocenters. The first-order valence-corrected chi connectivity index (χ1v) is 12.2. The molecule has 162 valence electrons. The average molecular weight is 431 g/mol. The third kappa shape index (κ3) is 4.82. The quantitative estimate of drug-likeness (QED) is 0.753. The zero-order valence-corrected chi connectivity index (χ0v) is 18.3. The number of aromatic nitrogens is 2. The first-order valence-electron chi connectivity index (χ1n) is 10.7. The number of nitrogens with zero attached hydrogens (tertiary/aromatic N) is 3. The summed E-state index contributed by atoms with van der Waals surface area (Å²) < 4.78 is 30.6. The minimum Gasteiger partial charge on any atom is -0.497 e. The fraction of sp³-hybridized carbons (Fsp3) is 0.545. The van der Waals surface area contributed by atoms with Crippen LogP contribution in [-0.4, -0.2) is 62.8 Å². The first kappa shape index (κ1) is 21.2. The topological polar surface area (TPSA) is 84.4 Å². The molecule has 2 fully saturated rings. The molecule has 0 bridgehead atoms. The van der Waals surface area contributed by atoms with Crippen molar-refractivity contribution in [3.05, 3.63) is 42.1 Å². The number of hydrogen-bond donors (Lipinski definition) is 1. The summed E-state index contributed by atoms with van der Waals surface area (Å²) >= 11 is 0. The molecule has 0 atom stereocenters. The van der Waals surface area contributed by atoms with Crippen LogP contribution in [-0.2, 0) is 16.3 Å². The van der Waals surface area contributed by atoms with Gasteiger partial charge in [-0.25, -0.2) is 8.42 Å². The summed E-state index contributed by atoms with van der Waals surface area (Å²) in [5.41, 5.74) is 0.865. The summed E-state index contributed by atoms with van der Waals surface area (Å²) in [6, 6.07) is 10.4. The molecule has 30 heavy (non-hydrogen) atoms. The molecule has 2 saturated heterocycles. The Morgan fingerprint density at radius 2 is 1.70 bits per heavy atom. The van der Waals surface area contributed by atoms with Crippen molar-refractivity contribution in [1.29, 1.82) is 0 Å². The Kier molecular flexibility index (Phi) is 6.65. The van der Waals surface area contributed by atoms with Crippen LogP contribution in [0.4, 0.5) is 0 Å². The van der Waals surface area contributed by atoms with Gasteiger partial charge in [0.25, 0.3) is 0 Å². The van der Waals surface area contributed by atoms with Crippen LogP contribution in [0, 0.1) is 5.92 Å². The zero-order valence-electron chi connectivity index (χ0n) is 17.5. The average Bonchev–Trinajstić information content (AvgIpc) is 2.80. The number of likely N-dealkylation sites (tertiary alicyclic amines) is 1. The molecular weight excluding hydrogens is 400 g/mol. The van der Waals surface area contributed by atoms with Gasteiger partial charge in [0.1, 0.15) is 5.75 Å². The highest BCUT2D eigenvalue weighted by molar-refractivity contribution is 7.91. The Hall–Kier alpha value is -2.03. The number of piperidine rings is 2. The second kappa shape index (κ2) is 9.41. The van der Waals surface area contributed by atoms with E-state index in [2.05, 4.69) is 20.4 Å². The van der Waals surface area contributed by atoms with Crippen molar-refractivity contribution in [3.63, 3.8) is 0 Å². The molecule has 2 aliphatic rings. The van der Waals surface area contributed by atoms with E-state index in [1.807, 2.05) is 6.07 Å². The van der Waals surface area contributed by atoms with E-state index in [9.17, 15) is 8.42 Å². The largest absolute Gasteiger partial charge is 0.497 e.